The molecule has 1 heterocycles. The molecule has 1 aliphatic heterocycles. The first kappa shape index (κ1) is 22.5. The van der Waals surface area contributed by atoms with Crippen LogP contribution in [0.1, 0.15) is 11.1 Å². The predicted octanol–water partition coefficient (Wildman–Crippen LogP) is 5.66. The van der Waals surface area contributed by atoms with Crippen molar-refractivity contribution in [3.63, 3.8) is 0 Å². The van der Waals surface area contributed by atoms with Gasteiger partial charge in [-0.1, -0.05) is 36.4 Å². The van der Waals surface area contributed by atoms with Crippen molar-refractivity contribution in [1.29, 1.82) is 0 Å². The van der Waals surface area contributed by atoms with Gasteiger partial charge >= 0.3 is 0 Å². The van der Waals surface area contributed by atoms with Gasteiger partial charge in [-0.05, 0) is 54.2 Å². The molecule has 0 bridgehead atoms. The van der Waals surface area contributed by atoms with Gasteiger partial charge < -0.3 is 9.47 Å². The minimum atomic E-state index is -0.434. The van der Waals surface area contributed by atoms with Gasteiger partial charge in [-0.25, -0.2) is 8.78 Å². The number of ether oxygens (including phenoxy) is 2. The lowest BCUT2D eigenvalue weighted by Crippen LogP contribution is -2.32. The van der Waals surface area contributed by atoms with E-state index >= 15 is 0 Å². The molecule has 2 amide bonds. The summed E-state index contributed by atoms with van der Waals surface area (Å²) < 4.78 is 38.1. The average molecular weight is 467 g/mol. The van der Waals surface area contributed by atoms with Gasteiger partial charge in [0.05, 0.1) is 11.4 Å². The quantitative estimate of drug-likeness (QED) is 0.400. The Morgan fingerprint density at radius 1 is 0.879 bits per heavy atom. The number of imide groups is 1. The van der Waals surface area contributed by atoms with Crippen LogP contribution in [0.2, 0.25) is 0 Å². The number of para-hydroxylation sites is 1. The minimum Gasteiger partial charge on any atom is -0.492 e. The van der Waals surface area contributed by atoms with E-state index in [1.807, 2.05) is 0 Å². The van der Waals surface area contributed by atoms with Crippen LogP contribution in [0.3, 0.4) is 0 Å². The first-order valence-electron chi connectivity index (χ1n) is 10.1. The molecule has 33 heavy (non-hydrogen) atoms. The van der Waals surface area contributed by atoms with E-state index in [0.29, 0.717) is 22.6 Å². The Hall–Kier alpha value is -3.65. The van der Waals surface area contributed by atoms with Gasteiger partial charge in [0.25, 0.3) is 11.1 Å². The van der Waals surface area contributed by atoms with E-state index in [0.717, 1.165) is 16.7 Å². The topological polar surface area (TPSA) is 55.8 Å². The molecule has 3 aromatic carbocycles. The minimum absolute atomic E-state index is 0.0275. The van der Waals surface area contributed by atoms with Crippen LogP contribution in [-0.4, -0.2) is 29.2 Å². The number of hydrogen-bond acceptors (Lipinski definition) is 5. The molecule has 0 unspecified atom stereocenters. The fraction of sp³-hybridized carbons (Fsp3) is 0.120. The van der Waals surface area contributed by atoms with Crippen LogP contribution in [-0.2, 0) is 11.4 Å². The Labute approximate surface area is 193 Å². The van der Waals surface area contributed by atoms with Crippen molar-refractivity contribution >= 4 is 29.0 Å². The molecule has 0 radical (unpaired) electrons. The maximum Gasteiger partial charge on any atom is 0.293 e. The number of halogens is 2. The maximum atomic E-state index is 13.9. The van der Waals surface area contributed by atoms with Gasteiger partial charge in [0, 0.05) is 11.1 Å². The summed E-state index contributed by atoms with van der Waals surface area (Å²) in [5.41, 5.74) is 1.01. The van der Waals surface area contributed by atoms with Crippen LogP contribution >= 0.6 is 11.8 Å². The van der Waals surface area contributed by atoms with Gasteiger partial charge in [-0.2, -0.15) is 0 Å². The highest BCUT2D eigenvalue weighted by Gasteiger charge is 2.35. The summed E-state index contributed by atoms with van der Waals surface area (Å²) in [5, 5.41) is -0.404. The van der Waals surface area contributed by atoms with Crippen molar-refractivity contribution < 1.29 is 27.8 Å². The van der Waals surface area contributed by atoms with Gasteiger partial charge in [-0.3, -0.25) is 14.5 Å². The number of nitrogens with zero attached hydrogens (tertiary/aromatic N) is 1. The molecule has 3 aromatic rings. The normalized spacial score (nSPS) is 14.7. The highest BCUT2D eigenvalue weighted by atomic mass is 32.2. The molecule has 1 fully saturated rings. The van der Waals surface area contributed by atoms with Crippen molar-refractivity contribution in [2.45, 2.75) is 6.61 Å². The lowest BCUT2D eigenvalue weighted by Gasteiger charge is -2.13. The molecule has 5 nitrogen and oxygen atoms in total. The van der Waals surface area contributed by atoms with Gasteiger partial charge in [0.15, 0.2) is 0 Å². The number of benzene rings is 3. The third-order valence-electron chi connectivity index (χ3n) is 4.82. The van der Waals surface area contributed by atoms with Gasteiger partial charge in [-0.15, -0.1) is 0 Å². The summed E-state index contributed by atoms with van der Waals surface area (Å²) in [5.74, 6) is -0.265. The fourth-order valence-electron chi connectivity index (χ4n) is 3.12. The molecule has 1 saturated heterocycles. The van der Waals surface area contributed by atoms with Crippen molar-refractivity contribution in [3.8, 4) is 11.5 Å². The number of rotatable bonds is 8. The summed E-state index contributed by atoms with van der Waals surface area (Å²) in [6.45, 7) is 0.170. The summed E-state index contributed by atoms with van der Waals surface area (Å²) in [4.78, 5) is 26.5. The van der Waals surface area contributed by atoms with Crippen LogP contribution in [0, 0.1) is 11.6 Å². The molecule has 0 atom stereocenters. The standard InChI is InChI=1S/C25H19F2NO4S/c26-19-9-11-20(12-10-19)31-14-13-28-24(29)23(33-25(28)30)15-17-5-2-4-8-22(17)32-16-18-6-1-3-7-21(18)27/h1-12,15H,13-14,16H2/b23-15-. The van der Waals surface area contributed by atoms with E-state index in [9.17, 15) is 18.4 Å². The molecule has 0 spiro atoms. The highest BCUT2D eigenvalue weighted by Crippen LogP contribution is 2.34. The fourth-order valence-corrected chi connectivity index (χ4v) is 3.98. The lowest BCUT2D eigenvalue weighted by molar-refractivity contribution is -0.123. The number of hydrogen-bond donors (Lipinski definition) is 0. The average Bonchev–Trinajstić information content (AvgIpc) is 3.08. The Kier molecular flexibility index (Phi) is 7.04. The summed E-state index contributed by atoms with van der Waals surface area (Å²) in [6, 6.07) is 18.8. The smallest absolute Gasteiger partial charge is 0.293 e. The molecule has 0 aromatic heterocycles. The van der Waals surface area contributed by atoms with Gasteiger partial charge in [0.1, 0.15) is 36.3 Å². The van der Waals surface area contributed by atoms with Crippen molar-refractivity contribution in [2.24, 2.45) is 0 Å². The Bertz CT molecular complexity index is 1200. The summed E-state index contributed by atoms with van der Waals surface area (Å²) in [7, 11) is 0. The van der Waals surface area contributed by atoms with Crippen molar-refractivity contribution in [1.82, 2.24) is 4.90 Å². The summed E-state index contributed by atoms with van der Waals surface area (Å²) in [6.07, 6.45) is 1.59. The van der Waals surface area contributed by atoms with Gasteiger partial charge in [0.2, 0.25) is 0 Å². The molecule has 0 N–H and O–H groups in total. The Morgan fingerprint density at radius 2 is 1.61 bits per heavy atom. The second-order valence-electron chi connectivity index (χ2n) is 7.05. The largest absolute Gasteiger partial charge is 0.492 e. The van der Waals surface area contributed by atoms with Crippen LogP contribution in [0.15, 0.2) is 77.7 Å². The third kappa shape index (κ3) is 5.59. The van der Waals surface area contributed by atoms with Crippen LogP contribution in [0.25, 0.3) is 6.08 Å². The van der Waals surface area contributed by atoms with Crippen LogP contribution in [0.5, 0.6) is 11.5 Å². The summed E-state index contributed by atoms with van der Waals surface area (Å²) >= 11 is 0.828. The highest BCUT2D eigenvalue weighted by molar-refractivity contribution is 8.18. The lowest BCUT2D eigenvalue weighted by atomic mass is 10.1. The van der Waals surface area contributed by atoms with E-state index in [1.54, 1.807) is 48.5 Å². The molecule has 168 valence electrons. The number of carbonyl (C=O) groups is 2. The second kappa shape index (κ2) is 10.3. The molecular formula is C25H19F2NO4S. The Balaban J connectivity index is 1.41. The van der Waals surface area contributed by atoms with E-state index in [4.69, 9.17) is 9.47 Å². The number of thioether (sulfide) groups is 1. The van der Waals surface area contributed by atoms with E-state index in [-0.39, 0.29) is 36.3 Å². The third-order valence-corrected chi connectivity index (χ3v) is 5.72. The molecule has 8 heteroatoms. The van der Waals surface area contributed by atoms with Crippen molar-refractivity contribution in [2.75, 3.05) is 13.2 Å². The SMILES string of the molecule is O=C1S/C(=C\c2ccccc2OCc2ccccc2F)C(=O)N1CCOc1ccc(F)cc1. The maximum absolute atomic E-state index is 13.9. The van der Waals surface area contributed by atoms with E-state index in [1.165, 1.54) is 30.3 Å². The van der Waals surface area contributed by atoms with Crippen LogP contribution < -0.4 is 9.47 Å². The van der Waals surface area contributed by atoms with E-state index < -0.39 is 11.1 Å². The zero-order valence-corrected chi connectivity index (χ0v) is 18.2. The second-order valence-corrected chi connectivity index (χ2v) is 8.05. The number of amides is 2. The molecule has 0 aliphatic carbocycles. The molecule has 4 rings (SSSR count). The molecular weight excluding hydrogens is 448 g/mol. The van der Waals surface area contributed by atoms with Crippen molar-refractivity contribution in [3.05, 3.63) is 100 Å². The molecule has 0 saturated carbocycles. The van der Waals surface area contributed by atoms with E-state index in [2.05, 4.69) is 0 Å². The monoisotopic (exact) mass is 467 g/mol. The molecule has 1 aliphatic rings. The Morgan fingerprint density at radius 3 is 2.39 bits per heavy atom. The zero-order valence-electron chi connectivity index (χ0n) is 17.4. The predicted molar refractivity (Wildman–Crippen MR) is 122 cm³/mol. The number of carbonyl (C=O) groups excluding carboxylic acids is 2. The first-order chi connectivity index (χ1) is 16.0. The van der Waals surface area contributed by atoms with Crippen LogP contribution in [0.4, 0.5) is 13.6 Å². The zero-order chi connectivity index (χ0) is 23.2. The first-order valence-corrected chi connectivity index (χ1v) is 10.9.